The number of halogens is 1. The third-order valence-electron chi connectivity index (χ3n) is 6.06. The normalized spacial score (nSPS) is 15.3. The van der Waals surface area contributed by atoms with E-state index in [4.69, 9.17) is 13.9 Å². The van der Waals surface area contributed by atoms with E-state index in [-0.39, 0.29) is 23.6 Å². The summed E-state index contributed by atoms with van der Waals surface area (Å²) in [6, 6.07) is 16.0. The summed E-state index contributed by atoms with van der Waals surface area (Å²) in [5.74, 6) is 0.713. The monoisotopic (exact) mass is 532 g/mol. The van der Waals surface area contributed by atoms with Crippen molar-refractivity contribution < 1.29 is 23.1 Å². The average molecular weight is 533 g/mol. The van der Waals surface area contributed by atoms with Crippen LogP contribution >= 0.6 is 11.3 Å². The van der Waals surface area contributed by atoms with E-state index in [9.17, 15) is 14.0 Å². The van der Waals surface area contributed by atoms with E-state index in [1.54, 1.807) is 44.2 Å². The molecule has 2 aromatic heterocycles. The van der Waals surface area contributed by atoms with Gasteiger partial charge in [-0.25, -0.2) is 14.2 Å². The zero-order chi connectivity index (χ0) is 26.8. The summed E-state index contributed by atoms with van der Waals surface area (Å²) in [5, 5.41) is 0. The van der Waals surface area contributed by atoms with E-state index in [1.165, 1.54) is 28.0 Å². The third-order valence-corrected chi connectivity index (χ3v) is 7.04. The molecule has 0 spiro atoms. The third kappa shape index (κ3) is 4.72. The number of esters is 1. The van der Waals surface area contributed by atoms with Crippen molar-refractivity contribution in [2.45, 2.75) is 26.8 Å². The van der Waals surface area contributed by atoms with Crippen LogP contribution in [0.1, 0.15) is 38.1 Å². The summed E-state index contributed by atoms with van der Waals surface area (Å²) in [4.78, 5) is 32.0. The Balaban J connectivity index is 1.66. The summed E-state index contributed by atoms with van der Waals surface area (Å²) in [7, 11) is 0. The first-order valence-corrected chi connectivity index (χ1v) is 13.0. The molecule has 0 saturated carbocycles. The van der Waals surface area contributed by atoms with E-state index in [1.807, 2.05) is 31.2 Å². The van der Waals surface area contributed by atoms with Crippen molar-refractivity contribution in [1.82, 2.24) is 4.57 Å². The molecule has 1 aliphatic heterocycles. The van der Waals surface area contributed by atoms with Crippen LogP contribution in [-0.2, 0) is 9.53 Å². The molecular formula is C29H25FN2O5S. The quantitative estimate of drug-likeness (QED) is 0.325. The van der Waals surface area contributed by atoms with Crippen molar-refractivity contribution in [2.24, 2.45) is 4.99 Å². The van der Waals surface area contributed by atoms with Gasteiger partial charge in [-0.15, -0.1) is 0 Å². The highest BCUT2D eigenvalue weighted by Crippen LogP contribution is 2.35. The van der Waals surface area contributed by atoms with Crippen molar-refractivity contribution in [3.05, 3.63) is 109 Å². The summed E-state index contributed by atoms with van der Waals surface area (Å²) < 4.78 is 32.3. The maximum atomic E-state index is 13.8. The molecule has 9 heteroatoms. The largest absolute Gasteiger partial charge is 0.494 e. The number of nitrogens with zero attached hydrogens (tertiary/aromatic N) is 2. The summed E-state index contributed by atoms with van der Waals surface area (Å²) in [6.07, 6.45) is 1.64. The number of allylic oxidation sites excluding steroid dienone is 1. The van der Waals surface area contributed by atoms with Crippen LogP contribution in [-0.4, -0.2) is 23.8 Å². The van der Waals surface area contributed by atoms with Crippen molar-refractivity contribution >= 4 is 23.4 Å². The van der Waals surface area contributed by atoms with Crippen LogP contribution in [0, 0.1) is 5.82 Å². The number of para-hydroxylation sites is 1. The highest BCUT2D eigenvalue weighted by atomic mass is 32.1. The van der Waals surface area contributed by atoms with Gasteiger partial charge in [-0.1, -0.05) is 29.5 Å². The van der Waals surface area contributed by atoms with E-state index < -0.39 is 12.0 Å². The molecule has 194 valence electrons. The molecule has 1 atom stereocenters. The van der Waals surface area contributed by atoms with Crippen molar-refractivity contribution in [1.29, 1.82) is 0 Å². The molecule has 38 heavy (non-hydrogen) atoms. The lowest BCUT2D eigenvalue weighted by molar-refractivity contribution is -0.139. The number of hydrogen-bond acceptors (Lipinski definition) is 7. The Hall–Kier alpha value is -4.24. The summed E-state index contributed by atoms with van der Waals surface area (Å²) >= 11 is 1.20. The van der Waals surface area contributed by atoms with Gasteiger partial charge in [0.15, 0.2) is 4.80 Å². The number of hydrogen-bond donors (Lipinski definition) is 0. The second-order valence-electron chi connectivity index (χ2n) is 8.48. The van der Waals surface area contributed by atoms with Crippen molar-refractivity contribution in [3.8, 4) is 17.1 Å². The fraction of sp³-hybridized carbons (Fsp3) is 0.207. The van der Waals surface area contributed by atoms with Gasteiger partial charge in [0.2, 0.25) is 0 Å². The molecule has 0 radical (unpaired) electrons. The zero-order valence-corrected chi connectivity index (χ0v) is 21.9. The van der Waals surface area contributed by atoms with Crippen LogP contribution in [0.2, 0.25) is 0 Å². The maximum absolute atomic E-state index is 13.8. The Morgan fingerprint density at radius 3 is 2.61 bits per heavy atom. The molecule has 0 amide bonds. The second kappa shape index (κ2) is 10.6. The highest BCUT2D eigenvalue weighted by molar-refractivity contribution is 7.07. The molecule has 0 fully saturated rings. The number of carbonyl (C=O) groups excluding carboxylic acids is 1. The SMILES string of the molecule is CCOC(=O)C1=C(C)N=c2s/c(=C\c3ccc(-c4ccc(F)cc4)o3)c(=O)n2[C@H]1c1ccccc1OCC. The Morgan fingerprint density at radius 1 is 1.11 bits per heavy atom. The number of aromatic nitrogens is 1. The minimum atomic E-state index is -0.776. The van der Waals surface area contributed by atoms with Crippen LogP contribution in [0.15, 0.2) is 86.1 Å². The number of ether oxygens (including phenoxy) is 2. The van der Waals surface area contributed by atoms with Crippen LogP contribution < -0.4 is 19.6 Å². The predicted octanol–water partition coefficient (Wildman–Crippen LogP) is 4.60. The highest BCUT2D eigenvalue weighted by Gasteiger charge is 2.35. The van der Waals surface area contributed by atoms with E-state index in [2.05, 4.69) is 4.99 Å². The summed E-state index contributed by atoms with van der Waals surface area (Å²) in [5.41, 5.74) is 1.82. The van der Waals surface area contributed by atoms with Gasteiger partial charge in [-0.3, -0.25) is 9.36 Å². The lowest BCUT2D eigenvalue weighted by atomic mass is 9.95. The lowest BCUT2D eigenvalue weighted by Crippen LogP contribution is -2.40. The van der Waals surface area contributed by atoms with Gasteiger partial charge in [0.1, 0.15) is 29.1 Å². The number of benzene rings is 2. The van der Waals surface area contributed by atoms with Crippen LogP contribution in [0.5, 0.6) is 5.75 Å². The molecule has 0 N–H and O–H groups in total. The fourth-order valence-electron chi connectivity index (χ4n) is 4.41. The van der Waals surface area contributed by atoms with Gasteiger partial charge in [0.25, 0.3) is 5.56 Å². The predicted molar refractivity (Wildman–Crippen MR) is 142 cm³/mol. The minimum absolute atomic E-state index is 0.189. The molecule has 3 heterocycles. The lowest BCUT2D eigenvalue weighted by Gasteiger charge is -2.26. The molecule has 5 rings (SSSR count). The molecule has 7 nitrogen and oxygen atoms in total. The standard InChI is InChI=1S/C29H25FN2O5S/c1-4-35-23-9-7-6-8-21(23)26-25(28(34)36-5-2)17(3)31-29-32(26)27(33)24(38-29)16-20-14-15-22(37-20)18-10-12-19(30)13-11-18/h6-16,26H,4-5H2,1-3H3/b24-16-/t26-/m0/s1. The number of rotatable bonds is 7. The van der Waals surface area contributed by atoms with Crippen LogP contribution in [0.4, 0.5) is 4.39 Å². The van der Waals surface area contributed by atoms with Gasteiger partial charge >= 0.3 is 5.97 Å². The minimum Gasteiger partial charge on any atom is -0.494 e. The van der Waals surface area contributed by atoms with Gasteiger partial charge in [0, 0.05) is 17.2 Å². The van der Waals surface area contributed by atoms with Crippen LogP contribution in [0.25, 0.3) is 17.4 Å². The molecule has 0 aliphatic carbocycles. The van der Waals surface area contributed by atoms with Crippen LogP contribution in [0.3, 0.4) is 0 Å². The maximum Gasteiger partial charge on any atom is 0.338 e. The smallest absolute Gasteiger partial charge is 0.338 e. The Kier molecular flexibility index (Phi) is 7.11. The Bertz CT molecular complexity index is 1710. The molecule has 1 aliphatic rings. The number of fused-ring (bicyclic) bond motifs is 1. The first-order chi connectivity index (χ1) is 18.4. The van der Waals surface area contributed by atoms with Gasteiger partial charge in [-0.2, -0.15) is 0 Å². The Morgan fingerprint density at radius 2 is 1.87 bits per heavy atom. The molecule has 0 unspecified atom stereocenters. The number of carbonyl (C=O) groups is 1. The van der Waals surface area contributed by atoms with Gasteiger partial charge in [0.05, 0.1) is 29.0 Å². The first kappa shape index (κ1) is 25.4. The van der Waals surface area contributed by atoms with Crippen molar-refractivity contribution in [3.63, 3.8) is 0 Å². The number of thiazole rings is 1. The molecule has 2 aromatic carbocycles. The van der Waals surface area contributed by atoms with E-state index >= 15 is 0 Å². The topological polar surface area (TPSA) is 83.0 Å². The molecule has 0 saturated heterocycles. The first-order valence-electron chi connectivity index (χ1n) is 12.2. The Labute approximate surface area is 221 Å². The zero-order valence-electron chi connectivity index (χ0n) is 21.1. The van der Waals surface area contributed by atoms with Gasteiger partial charge in [-0.05, 0) is 63.2 Å². The fourth-order valence-corrected chi connectivity index (χ4v) is 5.43. The van der Waals surface area contributed by atoms with E-state index in [0.29, 0.717) is 44.5 Å². The molecular weight excluding hydrogens is 507 g/mol. The van der Waals surface area contributed by atoms with Gasteiger partial charge < -0.3 is 13.9 Å². The average Bonchev–Trinajstić information content (AvgIpc) is 3.49. The second-order valence-corrected chi connectivity index (χ2v) is 9.49. The number of furan rings is 1. The summed E-state index contributed by atoms with van der Waals surface area (Å²) in [6.45, 7) is 5.95. The van der Waals surface area contributed by atoms with Crippen molar-refractivity contribution in [2.75, 3.05) is 13.2 Å². The molecule has 4 aromatic rings. The van der Waals surface area contributed by atoms with E-state index in [0.717, 1.165) is 5.56 Å². The molecule has 0 bridgehead atoms.